The van der Waals surface area contributed by atoms with Gasteiger partial charge in [-0.15, -0.1) is 0 Å². The van der Waals surface area contributed by atoms with Crippen molar-refractivity contribution >= 4 is 5.97 Å². The van der Waals surface area contributed by atoms with Gasteiger partial charge in [-0.1, -0.05) is 31.6 Å². The van der Waals surface area contributed by atoms with E-state index in [-0.39, 0.29) is 12.1 Å². The minimum atomic E-state index is -0.107. The van der Waals surface area contributed by atoms with Crippen LogP contribution in [0, 0.1) is 5.92 Å². The number of hydrogen-bond donors (Lipinski definition) is 0. The Balaban J connectivity index is 3.81. The van der Waals surface area contributed by atoms with Gasteiger partial charge in [0.2, 0.25) is 0 Å². The maximum absolute atomic E-state index is 11.3. The van der Waals surface area contributed by atoms with Crippen LogP contribution >= 0.6 is 0 Å². The third kappa shape index (κ3) is 11.8. The van der Waals surface area contributed by atoms with Crippen LogP contribution in [-0.4, -0.2) is 12.1 Å². The van der Waals surface area contributed by atoms with Crippen molar-refractivity contribution in [1.29, 1.82) is 0 Å². The zero-order valence-corrected chi connectivity index (χ0v) is 13.2. The second-order valence-electron chi connectivity index (χ2n) is 5.57. The highest BCUT2D eigenvalue weighted by Crippen LogP contribution is 2.13. The second kappa shape index (κ2) is 10.8. The summed E-state index contributed by atoms with van der Waals surface area (Å²) in [6.45, 7) is 10.4. The fourth-order valence-electron chi connectivity index (χ4n) is 1.79. The predicted molar refractivity (Wildman–Crippen MR) is 82.0 cm³/mol. The smallest absolute Gasteiger partial charge is 0.306 e. The number of carbonyl (C=O) groups excluding carboxylic acids is 1. The third-order valence-corrected chi connectivity index (χ3v) is 2.93. The monoisotopic (exact) mass is 266 g/mol. The van der Waals surface area contributed by atoms with Crippen molar-refractivity contribution in [2.24, 2.45) is 5.92 Å². The van der Waals surface area contributed by atoms with E-state index in [4.69, 9.17) is 4.74 Å². The molecule has 19 heavy (non-hydrogen) atoms. The first-order valence-corrected chi connectivity index (χ1v) is 7.45. The molecule has 0 saturated heterocycles. The number of ether oxygens (including phenoxy) is 1. The molecule has 2 atom stereocenters. The highest BCUT2D eigenvalue weighted by molar-refractivity contribution is 5.69. The Morgan fingerprint density at radius 2 is 1.95 bits per heavy atom. The standard InChI is InChI=1S/C17H30O2/c1-6-9-17(18)19-16(5)13-8-12-15(4)11-7-10-14(2)3/h8,10,13,15-16H,6-7,9,11-12H2,1-5H3. The van der Waals surface area contributed by atoms with Crippen LogP contribution in [0.2, 0.25) is 0 Å². The molecule has 0 fully saturated rings. The van der Waals surface area contributed by atoms with Crippen LogP contribution in [0.5, 0.6) is 0 Å². The number of esters is 1. The van der Waals surface area contributed by atoms with Crippen LogP contribution in [0.15, 0.2) is 23.8 Å². The first kappa shape index (κ1) is 17.9. The molecule has 0 aliphatic carbocycles. The van der Waals surface area contributed by atoms with E-state index in [1.807, 2.05) is 19.9 Å². The van der Waals surface area contributed by atoms with Gasteiger partial charge in [-0.3, -0.25) is 4.79 Å². The molecule has 0 aliphatic heterocycles. The zero-order valence-electron chi connectivity index (χ0n) is 13.2. The molecule has 2 heteroatoms. The van der Waals surface area contributed by atoms with Crippen LogP contribution in [0.1, 0.15) is 66.7 Å². The molecule has 0 radical (unpaired) electrons. The Morgan fingerprint density at radius 1 is 1.26 bits per heavy atom. The van der Waals surface area contributed by atoms with E-state index in [1.54, 1.807) is 0 Å². The lowest BCUT2D eigenvalue weighted by atomic mass is 10.0. The molecule has 0 spiro atoms. The van der Waals surface area contributed by atoms with Crippen molar-refractivity contribution in [2.45, 2.75) is 72.8 Å². The maximum atomic E-state index is 11.3. The van der Waals surface area contributed by atoms with E-state index >= 15 is 0 Å². The van der Waals surface area contributed by atoms with Gasteiger partial charge in [-0.25, -0.2) is 0 Å². The molecule has 0 N–H and O–H groups in total. The van der Waals surface area contributed by atoms with Crippen molar-refractivity contribution in [1.82, 2.24) is 0 Å². The van der Waals surface area contributed by atoms with Gasteiger partial charge in [-0.2, -0.15) is 0 Å². The molecule has 110 valence electrons. The van der Waals surface area contributed by atoms with Crippen LogP contribution in [0.4, 0.5) is 0 Å². The minimum absolute atomic E-state index is 0.101. The van der Waals surface area contributed by atoms with Crippen LogP contribution < -0.4 is 0 Å². The van der Waals surface area contributed by atoms with Crippen LogP contribution in [0.3, 0.4) is 0 Å². The van der Waals surface area contributed by atoms with E-state index in [1.165, 1.54) is 12.0 Å². The maximum Gasteiger partial charge on any atom is 0.306 e. The van der Waals surface area contributed by atoms with E-state index in [2.05, 4.69) is 32.9 Å². The summed E-state index contributed by atoms with van der Waals surface area (Å²) < 4.78 is 5.25. The van der Waals surface area contributed by atoms with Crippen molar-refractivity contribution < 1.29 is 9.53 Å². The normalized spacial score (nSPS) is 14.2. The van der Waals surface area contributed by atoms with Crippen molar-refractivity contribution in [3.63, 3.8) is 0 Å². The Hall–Kier alpha value is -1.05. The fourth-order valence-corrected chi connectivity index (χ4v) is 1.79. The lowest BCUT2D eigenvalue weighted by Crippen LogP contribution is -2.12. The number of carbonyl (C=O) groups is 1. The largest absolute Gasteiger partial charge is 0.458 e. The van der Waals surface area contributed by atoms with Gasteiger partial charge in [0.1, 0.15) is 6.10 Å². The topological polar surface area (TPSA) is 26.3 Å². The van der Waals surface area contributed by atoms with Gasteiger partial charge in [-0.05, 0) is 58.4 Å². The third-order valence-electron chi connectivity index (χ3n) is 2.93. The fraction of sp³-hybridized carbons (Fsp3) is 0.706. The minimum Gasteiger partial charge on any atom is -0.458 e. The van der Waals surface area contributed by atoms with E-state index in [0.29, 0.717) is 12.3 Å². The Labute approximate surface area is 118 Å². The molecule has 0 rings (SSSR count). The van der Waals surface area contributed by atoms with Gasteiger partial charge in [0.15, 0.2) is 0 Å². The summed E-state index contributed by atoms with van der Waals surface area (Å²) in [5, 5.41) is 0. The average Bonchev–Trinajstić information content (AvgIpc) is 2.28. The number of allylic oxidation sites excluding steroid dienone is 3. The first-order valence-electron chi connectivity index (χ1n) is 7.45. The summed E-state index contributed by atoms with van der Waals surface area (Å²) in [4.78, 5) is 11.3. The molecule has 2 unspecified atom stereocenters. The highest BCUT2D eigenvalue weighted by Gasteiger charge is 2.05. The predicted octanol–water partition coefficient (Wildman–Crippen LogP) is 5.05. The van der Waals surface area contributed by atoms with Gasteiger partial charge in [0, 0.05) is 6.42 Å². The van der Waals surface area contributed by atoms with Gasteiger partial charge in [0.05, 0.1) is 0 Å². The van der Waals surface area contributed by atoms with Gasteiger partial charge < -0.3 is 4.74 Å². The zero-order chi connectivity index (χ0) is 14.7. The highest BCUT2D eigenvalue weighted by atomic mass is 16.5. The van der Waals surface area contributed by atoms with Gasteiger partial charge >= 0.3 is 5.97 Å². The van der Waals surface area contributed by atoms with Gasteiger partial charge in [0.25, 0.3) is 0 Å². The van der Waals surface area contributed by atoms with Crippen molar-refractivity contribution in [3.05, 3.63) is 23.8 Å². The summed E-state index contributed by atoms with van der Waals surface area (Å²) in [5.74, 6) is 0.571. The molecule has 0 aliphatic rings. The SMILES string of the molecule is CCCC(=O)OC(C)C=CCC(C)CCC=C(C)C. The molecule has 2 nitrogen and oxygen atoms in total. The van der Waals surface area contributed by atoms with Crippen LogP contribution in [-0.2, 0) is 9.53 Å². The quantitative estimate of drug-likeness (QED) is 0.431. The summed E-state index contributed by atoms with van der Waals surface area (Å²) in [6, 6.07) is 0. The molecule has 0 bridgehead atoms. The lowest BCUT2D eigenvalue weighted by Gasteiger charge is -2.10. The van der Waals surface area contributed by atoms with Crippen molar-refractivity contribution in [3.8, 4) is 0 Å². The summed E-state index contributed by atoms with van der Waals surface area (Å²) in [6.07, 6.45) is 11.1. The molecule has 0 aromatic heterocycles. The Bertz CT molecular complexity index is 298. The van der Waals surface area contributed by atoms with Crippen LogP contribution in [0.25, 0.3) is 0 Å². The van der Waals surface area contributed by atoms with E-state index in [9.17, 15) is 4.79 Å². The summed E-state index contributed by atoms with van der Waals surface area (Å²) in [7, 11) is 0. The molecule has 0 heterocycles. The Kier molecular flexibility index (Phi) is 10.2. The molecule has 0 aromatic rings. The summed E-state index contributed by atoms with van der Waals surface area (Å²) >= 11 is 0. The second-order valence-corrected chi connectivity index (χ2v) is 5.57. The molecular formula is C17H30O2. The molecular weight excluding hydrogens is 236 g/mol. The number of rotatable bonds is 9. The number of hydrogen-bond acceptors (Lipinski definition) is 2. The average molecular weight is 266 g/mol. The Morgan fingerprint density at radius 3 is 2.53 bits per heavy atom. The molecule has 0 aromatic carbocycles. The molecule has 0 amide bonds. The lowest BCUT2D eigenvalue weighted by molar-refractivity contribution is -0.146. The molecule has 0 saturated carbocycles. The van der Waals surface area contributed by atoms with E-state index in [0.717, 1.165) is 19.3 Å². The first-order chi connectivity index (χ1) is 8.95. The van der Waals surface area contributed by atoms with E-state index < -0.39 is 0 Å². The summed E-state index contributed by atoms with van der Waals surface area (Å²) in [5.41, 5.74) is 1.39. The van der Waals surface area contributed by atoms with Crippen molar-refractivity contribution in [2.75, 3.05) is 0 Å².